The second kappa shape index (κ2) is 4.81. The first-order chi connectivity index (χ1) is 8.82. The van der Waals surface area contributed by atoms with Crippen LogP contribution in [-0.2, 0) is 5.92 Å². The zero-order valence-electron chi connectivity index (χ0n) is 9.43. The molecule has 3 nitrogen and oxygen atoms in total. The van der Waals surface area contributed by atoms with Crippen molar-refractivity contribution >= 4 is 18.3 Å². The second-order valence-corrected chi connectivity index (χ2v) is 3.87. The van der Waals surface area contributed by atoms with E-state index in [2.05, 4.69) is 0 Å². The fourth-order valence-electron chi connectivity index (χ4n) is 1.43. The van der Waals surface area contributed by atoms with Gasteiger partial charge in [-0.25, -0.2) is 0 Å². The van der Waals surface area contributed by atoms with Gasteiger partial charge in [0.25, 0.3) is 0 Å². The van der Waals surface area contributed by atoms with Crippen molar-refractivity contribution in [3.05, 3.63) is 23.8 Å². The highest BCUT2D eigenvalue weighted by Crippen LogP contribution is 2.51. The molecule has 0 bridgehead atoms. The van der Waals surface area contributed by atoms with E-state index in [1.54, 1.807) is 0 Å². The van der Waals surface area contributed by atoms with Gasteiger partial charge >= 0.3 is 25.1 Å². The third kappa shape index (κ3) is 2.55. The van der Waals surface area contributed by atoms with Gasteiger partial charge in [-0.15, -0.1) is 0 Å². The molecule has 0 fully saturated rings. The van der Waals surface area contributed by atoms with Crippen molar-refractivity contribution in [2.45, 2.75) is 18.0 Å². The largest absolute Gasteiger partial charge is 0.489 e. The van der Waals surface area contributed by atoms with E-state index in [9.17, 15) is 30.7 Å². The maximum absolute atomic E-state index is 13.4. The van der Waals surface area contributed by atoms with Gasteiger partial charge in [0.1, 0.15) is 0 Å². The number of benzene rings is 1. The summed E-state index contributed by atoms with van der Waals surface area (Å²) in [7, 11) is -2.69. The summed E-state index contributed by atoms with van der Waals surface area (Å²) in [5.74, 6) is -12.1. The number of nitrogen functional groups attached to an aromatic ring is 1. The predicted molar refractivity (Wildman–Crippen MR) is 55.6 cm³/mol. The van der Waals surface area contributed by atoms with Crippen LogP contribution in [0.3, 0.4) is 0 Å². The van der Waals surface area contributed by atoms with Crippen molar-refractivity contribution in [2.24, 2.45) is 0 Å². The van der Waals surface area contributed by atoms with Crippen LogP contribution in [0.4, 0.5) is 36.4 Å². The van der Waals surface area contributed by atoms with E-state index < -0.39 is 36.2 Å². The first kappa shape index (κ1) is 16.6. The van der Waals surface area contributed by atoms with Crippen molar-refractivity contribution in [3.8, 4) is 0 Å². The minimum atomic E-state index is -6.52. The summed E-state index contributed by atoms with van der Waals surface area (Å²) >= 11 is 0. The number of nitrogens with two attached hydrogens (primary N) is 1. The summed E-state index contributed by atoms with van der Waals surface area (Å²) in [5, 5.41) is 17.6. The lowest BCUT2D eigenvalue weighted by Crippen LogP contribution is -2.53. The van der Waals surface area contributed by atoms with Crippen LogP contribution in [-0.4, -0.2) is 29.3 Å². The highest BCUT2D eigenvalue weighted by atomic mass is 19.4. The minimum Gasteiger partial charge on any atom is -0.423 e. The fourth-order valence-corrected chi connectivity index (χ4v) is 1.43. The first-order valence-electron chi connectivity index (χ1n) is 4.90. The van der Waals surface area contributed by atoms with Crippen molar-refractivity contribution in [1.82, 2.24) is 0 Å². The molecule has 112 valence electrons. The van der Waals surface area contributed by atoms with Crippen LogP contribution >= 0.6 is 0 Å². The Balaban J connectivity index is 3.50. The van der Waals surface area contributed by atoms with Crippen LogP contribution in [0.15, 0.2) is 18.2 Å². The number of rotatable bonds is 3. The third-order valence-corrected chi connectivity index (χ3v) is 2.44. The van der Waals surface area contributed by atoms with Gasteiger partial charge < -0.3 is 15.8 Å². The van der Waals surface area contributed by atoms with Crippen molar-refractivity contribution < 1.29 is 40.8 Å². The van der Waals surface area contributed by atoms with Crippen LogP contribution in [0.2, 0.25) is 0 Å². The van der Waals surface area contributed by atoms with Gasteiger partial charge in [-0.1, -0.05) is 6.07 Å². The Morgan fingerprint density at radius 1 is 0.950 bits per heavy atom. The van der Waals surface area contributed by atoms with Gasteiger partial charge in [0.15, 0.2) is 0 Å². The molecule has 0 amide bonds. The highest BCUT2D eigenvalue weighted by molar-refractivity contribution is 6.59. The predicted octanol–water partition coefficient (Wildman–Crippen LogP) is 1.24. The average molecular weight is 305 g/mol. The van der Waals surface area contributed by atoms with Crippen LogP contribution in [0.5, 0.6) is 0 Å². The molecule has 0 heterocycles. The number of halogens is 7. The van der Waals surface area contributed by atoms with E-state index in [1.807, 2.05) is 0 Å². The smallest absolute Gasteiger partial charge is 0.423 e. The van der Waals surface area contributed by atoms with Gasteiger partial charge in [0.2, 0.25) is 0 Å². The zero-order chi connectivity index (χ0) is 15.9. The summed E-state index contributed by atoms with van der Waals surface area (Å²) in [5.41, 5.74) is 1.70. The van der Waals surface area contributed by atoms with Gasteiger partial charge in [-0.2, -0.15) is 30.7 Å². The van der Waals surface area contributed by atoms with Crippen LogP contribution in [0, 0.1) is 0 Å². The summed E-state index contributed by atoms with van der Waals surface area (Å²) in [6.07, 6.45) is -6.52. The normalized spacial score (nSPS) is 13.4. The lowest BCUT2D eigenvalue weighted by molar-refractivity contribution is -0.359. The first-order valence-corrected chi connectivity index (χ1v) is 4.90. The molecule has 0 aliphatic rings. The molecule has 20 heavy (non-hydrogen) atoms. The van der Waals surface area contributed by atoms with Gasteiger partial charge in [-0.3, -0.25) is 0 Å². The van der Waals surface area contributed by atoms with Crippen molar-refractivity contribution in [2.75, 3.05) is 5.73 Å². The molecule has 1 rings (SSSR count). The summed E-state index contributed by atoms with van der Waals surface area (Å²) in [6.45, 7) is 0. The standard InChI is InChI=1S/C9H7BF7NO2/c11-7(12,8(13,14)9(15,16)17)5-2-1-4(18)3-6(5)10(19)20/h1-3,19-20H,18H2. The fraction of sp³-hybridized carbons (Fsp3) is 0.333. The number of anilines is 1. The summed E-state index contributed by atoms with van der Waals surface area (Å²) < 4.78 is 88.8. The molecule has 4 N–H and O–H groups in total. The summed E-state index contributed by atoms with van der Waals surface area (Å²) in [6, 6.07) is 1.30. The van der Waals surface area contributed by atoms with Gasteiger partial charge in [0.05, 0.1) is 0 Å². The number of alkyl halides is 7. The molecule has 0 saturated carbocycles. The molecule has 1 aromatic rings. The van der Waals surface area contributed by atoms with Crippen molar-refractivity contribution in [3.63, 3.8) is 0 Å². The quantitative estimate of drug-likeness (QED) is 0.447. The molecule has 0 radical (unpaired) electrons. The third-order valence-electron chi connectivity index (χ3n) is 2.44. The summed E-state index contributed by atoms with van der Waals surface area (Å²) in [4.78, 5) is 0. The Labute approximate surface area is 108 Å². The molecule has 0 unspecified atom stereocenters. The lowest BCUT2D eigenvalue weighted by Gasteiger charge is -2.29. The zero-order valence-corrected chi connectivity index (χ0v) is 9.43. The lowest BCUT2D eigenvalue weighted by atomic mass is 9.74. The van der Waals surface area contributed by atoms with Crippen LogP contribution in [0.1, 0.15) is 5.56 Å². The van der Waals surface area contributed by atoms with E-state index in [0.29, 0.717) is 12.1 Å². The topological polar surface area (TPSA) is 66.5 Å². The van der Waals surface area contributed by atoms with Gasteiger partial charge in [0, 0.05) is 11.3 Å². The maximum Gasteiger partial charge on any atom is 0.489 e. The molecular weight excluding hydrogens is 298 g/mol. The molecule has 0 aliphatic heterocycles. The maximum atomic E-state index is 13.4. The Bertz CT molecular complexity index is 504. The van der Waals surface area contributed by atoms with Crippen molar-refractivity contribution in [1.29, 1.82) is 0 Å². The Morgan fingerprint density at radius 2 is 1.45 bits per heavy atom. The van der Waals surface area contributed by atoms with Gasteiger partial charge in [-0.05, 0) is 17.6 Å². The molecular formula is C9H7BF7NO2. The molecule has 11 heteroatoms. The minimum absolute atomic E-state index is 0.184. The number of hydrogen-bond acceptors (Lipinski definition) is 3. The Morgan fingerprint density at radius 3 is 1.85 bits per heavy atom. The van der Waals surface area contributed by atoms with E-state index in [1.165, 1.54) is 0 Å². The molecule has 0 spiro atoms. The molecule has 1 aromatic carbocycles. The molecule has 0 atom stereocenters. The van der Waals surface area contributed by atoms with Crippen LogP contribution in [0.25, 0.3) is 0 Å². The van der Waals surface area contributed by atoms with E-state index in [0.717, 1.165) is 0 Å². The molecule has 0 aliphatic carbocycles. The average Bonchev–Trinajstić information content (AvgIpc) is 2.26. The van der Waals surface area contributed by atoms with E-state index in [-0.39, 0.29) is 11.8 Å². The van der Waals surface area contributed by atoms with Crippen LogP contribution < -0.4 is 11.2 Å². The second-order valence-electron chi connectivity index (χ2n) is 3.87. The number of hydrogen-bond donors (Lipinski definition) is 3. The Hall–Kier alpha value is -1.49. The van der Waals surface area contributed by atoms with E-state index >= 15 is 0 Å². The highest BCUT2D eigenvalue weighted by Gasteiger charge is 2.74. The van der Waals surface area contributed by atoms with E-state index in [4.69, 9.17) is 15.8 Å². The monoisotopic (exact) mass is 305 g/mol. The molecule has 0 aromatic heterocycles. The SMILES string of the molecule is Nc1ccc(C(F)(F)C(F)(F)C(F)(F)F)c(B(O)O)c1. The molecule has 0 saturated heterocycles. The Kier molecular flexibility index (Phi) is 3.98.